The first kappa shape index (κ1) is 36.8. The molecule has 0 aliphatic rings. The molecule has 2 nitrogen and oxygen atoms in total. The van der Waals surface area contributed by atoms with Crippen molar-refractivity contribution in [2.75, 3.05) is 0 Å². The standard InChI is InChI=1S/C36H66O2/c1-3-5-7-9-11-13-15-17-19-21-23-25-27-29-31-33-36(38)35(34-37)32-30-28-26-24-22-20-18-16-14-12-10-8-6-4-2/h17-20,34-35H,3-16,21-33H2,1-2H3/b19-17-,20-18?. The van der Waals surface area contributed by atoms with Crippen LogP contribution in [-0.4, -0.2) is 12.1 Å². The Labute approximate surface area is 238 Å². The second-order valence-corrected chi connectivity index (χ2v) is 11.6. The second kappa shape index (κ2) is 32.0. The van der Waals surface area contributed by atoms with Crippen LogP contribution in [0, 0.1) is 5.92 Å². The molecule has 38 heavy (non-hydrogen) atoms. The highest BCUT2D eigenvalue weighted by atomic mass is 16.1. The lowest BCUT2D eigenvalue weighted by Gasteiger charge is -2.09. The molecule has 0 aliphatic heterocycles. The number of carbonyl (C=O) groups is 2. The minimum absolute atomic E-state index is 0.176. The average Bonchev–Trinajstić information content (AvgIpc) is 2.93. The monoisotopic (exact) mass is 531 g/mol. The Morgan fingerprint density at radius 2 is 0.816 bits per heavy atom. The fourth-order valence-corrected chi connectivity index (χ4v) is 5.12. The van der Waals surface area contributed by atoms with E-state index in [0.29, 0.717) is 6.42 Å². The van der Waals surface area contributed by atoms with Gasteiger partial charge in [0.2, 0.25) is 0 Å². The Balaban J connectivity index is 3.51. The van der Waals surface area contributed by atoms with Gasteiger partial charge in [0.25, 0.3) is 0 Å². The van der Waals surface area contributed by atoms with E-state index in [1.165, 1.54) is 135 Å². The van der Waals surface area contributed by atoms with Gasteiger partial charge in [-0.2, -0.15) is 0 Å². The fraction of sp³-hybridized carbons (Fsp3) is 0.833. The topological polar surface area (TPSA) is 34.1 Å². The highest BCUT2D eigenvalue weighted by Gasteiger charge is 2.16. The van der Waals surface area contributed by atoms with Crippen molar-refractivity contribution < 1.29 is 9.59 Å². The van der Waals surface area contributed by atoms with Crippen molar-refractivity contribution in [3.8, 4) is 0 Å². The fourth-order valence-electron chi connectivity index (χ4n) is 5.12. The number of ketones is 1. The molecule has 0 rings (SSSR count). The molecule has 0 fully saturated rings. The first-order valence-electron chi connectivity index (χ1n) is 17.0. The van der Waals surface area contributed by atoms with Gasteiger partial charge in [-0.25, -0.2) is 0 Å². The van der Waals surface area contributed by atoms with Crippen molar-refractivity contribution in [1.82, 2.24) is 0 Å². The van der Waals surface area contributed by atoms with Crippen molar-refractivity contribution in [2.24, 2.45) is 5.92 Å². The quantitative estimate of drug-likeness (QED) is 0.0386. The predicted octanol–water partition coefficient (Wildman–Crippen LogP) is 12.1. The van der Waals surface area contributed by atoms with Gasteiger partial charge in [0.15, 0.2) is 0 Å². The van der Waals surface area contributed by atoms with E-state index in [-0.39, 0.29) is 11.7 Å². The average molecular weight is 531 g/mol. The Bertz CT molecular complexity index is 548. The van der Waals surface area contributed by atoms with E-state index < -0.39 is 0 Å². The molecule has 0 heterocycles. The Kier molecular flexibility index (Phi) is 31.0. The zero-order valence-corrected chi connectivity index (χ0v) is 25.9. The van der Waals surface area contributed by atoms with Crippen LogP contribution in [0.4, 0.5) is 0 Å². The number of Topliss-reactive ketones (excluding diaryl/α,β-unsaturated/α-hetero) is 1. The van der Waals surface area contributed by atoms with Gasteiger partial charge in [-0.05, 0) is 64.2 Å². The summed E-state index contributed by atoms with van der Waals surface area (Å²) in [5.74, 6) is -0.181. The molecule has 1 unspecified atom stereocenters. The highest BCUT2D eigenvalue weighted by Crippen LogP contribution is 2.16. The minimum atomic E-state index is -0.357. The van der Waals surface area contributed by atoms with E-state index in [9.17, 15) is 9.59 Å². The second-order valence-electron chi connectivity index (χ2n) is 11.6. The normalized spacial score (nSPS) is 12.6. The summed E-state index contributed by atoms with van der Waals surface area (Å²) < 4.78 is 0. The van der Waals surface area contributed by atoms with E-state index in [1.807, 2.05) is 0 Å². The molecule has 0 saturated heterocycles. The van der Waals surface area contributed by atoms with Gasteiger partial charge in [-0.3, -0.25) is 4.79 Å². The summed E-state index contributed by atoms with van der Waals surface area (Å²) in [5.41, 5.74) is 0. The van der Waals surface area contributed by atoms with Gasteiger partial charge in [0.1, 0.15) is 12.1 Å². The van der Waals surface area contributed by atoms with Crippen LogP contribution in [0.3, 0.4) is 0 Å². The maximum Gasteiger partial charge on any atom is 0.143 e. The summed E-state index contributed by atoms with van der Waals surface area (Å²) >= 11 is 0. The van der Waals surface area contributed by atoms with E-state index in [1.54, 1.807) is 0 Å². The number of allylic oxidation sites excluding steroid dienone is 4. The number of aldehydes is 1. The van der Waals surface area contributed by atoms with Gasteiger partial charge in [0, 0.05) is 6.42 Å². The summed E-state index contributed by atoms with van der Waals surface area (Å²) in [7, 11) is 0. The van der Waals surface area contributed by atoms with Gasteiger partial charge < -0.3 is 4.79 Å². The summed E-state index contributed by atoms with van der Waals surface area (Å²) in [6.07, 6.45) is 43.3. The van der Waals surface area contributed by atoms with Crippen LogP contribution in [0.1, 0.15) is 187 Å². The Hall–Kier alpha value is -1.18. The number of rotatable bonds is 31. The zero-order valence-electron chi connectivity index (χ0n) is 25.9. The van der Waals surface area contributed by atoms with E-state index in [4.69, 9.17) is 0 Å². The molecule has 0 saturated carbocycles. The molecule has 0 bridgehead atoms. The third kappa shape index (κ3) is 27.8. The molecule has 0 aromatic carbocycles. The molecule has 0 amide bonds. The molecule has 222 valence electrons. The molecule has 1 atom stereocenters. The first-order chi connectivity index (χ1) is 18.8. The van der Waals surface area contributed by atoms with Gasteiger partial charge in [0.05, 0.1) is 5.92 Å². The molecule has 0 N–H and O–H groups in total. The van der Waals surface area contributed by atoms with Crippen LogP contribution in [0.5, 0.6) is 0 Å². The van der Waals surface area contributed by atoms with Crippen molar-refractivity contribution in [2.45, 2.75) is 187 Å². The third-order valence-electron chi connectivity index (χ3n) is 7.79. The molecular weight excluding hydrogens is 464 g/mol. The molecule has 0 aromatic heterocycles. The lowest BCUT2D eigenvalue weighted by molar-refractivity contribution is -0.127. The van der Waals surface area contributed by atoms with Crippen molar-refractivity contribution in [1.29, 1.82) is 0 Å². The number of hydrogen-bond donors (Lipinski definition) is 0. The number of carbonyl (C=O) groups excluding carboxylic acids is 2. The van der Waals surface area contributed by atoms with Crippen molar-refractivity contribution >= 4 is 12.1 Å². The summed E-state index contributed by atoms with van der Waals surface area (Å²) in [6, 6.07) is 0. The van der Waals surface area contributed by atoms with Gasteiger partial charge in [-0.1, -0.05) is 141 Å². The summed E-state index contributed by atoms with van der Waals surface area (Å²) in [6.45, 7) is 4.54. The molecular formula is C36H66O2. The Morgan fingerprint density at radius 3 is 1.21 bits per heavy atom. The first-order valence-corrected chi connectivity index (χ1v) is 17.0. The smallest absolute Gasteiger partial charge is 0.143 e. The van der Waals surface area contributed by atoms with Crippen LogP contribution in [-0.2, 0) is 9.59 Å². The minimum Gasteiger partial charge on any atom is -0.303 e. The SMILES string of the molecule is CCCCCCCCC=CCCCCCCC(C=O)C(=O)CCCCCCC/C=C\CCCCCCCC. The van der Waals surface area contributed by atoms with E-state index in [2.05, 4.69) is 38.2 Å². The van der Waals surface area contributed by atoms with Crippen LogP contribution in [0.25, 0.3) is 0 Å². The molecule has 0 aromatic rings. The largest absolute Gasteiger partial charge is 0.303 e. The molecule has 0 radical (unpaired) electrons. The third-order valence-corrected chi connectivity index (χ3v) is 7.79. The van der Waals surface area contributed by atoms with Gasteiger partial charge >= 0.3 is 0 Å². The maximum absolute atomic E-state index is 12.4. The maximum atomic E-state index is 12.4. The van der Waals surface area contributed by atoms with Crippen molar-refractivity contribution in [3.05, 3.63) is 24.3 Å². The Morgan fingerprint density at radius 1 is 0.474 bits per heavy atom. The van der Waals surface area contributed by atoms with Crippen LogP contribution in [0.15, 0.2) is 24.3 Å². The zero-order chi connectivity index (χ0) is 27.8. The number of unbranched alkanes of at least 4 members (excludes halogenated alkanes) is 21. The molecule has 2 heteroatoms. The lowest BCUT2D eigenvalue weighted by Crippen LogP contribution is -2.15. The molecule has 0 spiro atoms. The lowest BCUT2D eigenvalue weighted by atomic mass is 9.94. The molecule has 0 aliphatic carbocycles. The van der Waals surface area contributed by atoms with Crippen molar-refractivity contribution in [3.63, 3.8) is 0 Å². The van der Waals surface area contributed by atoms with Crippen LogP contribution in [0.2, 0.25) is 0 Å². The predicted molar refractivity (Wildman–Crippen MR) is 169 cm³/mol. The van der Waals surface area contributed by atoms with Crippen LogP contribution < -0.4 is 0 Å². The summed E-state index contributed by atoms with van der Waals surface area (Å²) in [5, 5.41) is 0. The van der Waals surface area contributed by atoms with E-state index in [0.717, 1.165) is 38.4 Å². The van der Waals surface area contributed by atoms with Gasteiger partial charge in [-0.15, -0.1) is 0 Å². The highest BCUT2D eigenvalue weighted by molar-refractivity contribution is 5.93. The van der Waals surface area contributed by atoms with Crippen LogP contribution >= 0.6 is 0 Å². The number of hydrogen-bond acceptors (Lipinski definition) is 2. The van der Waals surface area contributed by atoms with E-state index >= 15 is 0 Å². The summed E-state index contributed by atoms with van der Waals surface area (Å²) in [4.78, 5) is 23.9.